The summed E-state index contributed by atoms with van der Waals surface area (Å²) in [4.78, 5) is 12.4. The Labute approximate surface area is 118 Å². The summed E-state index contributed by atoms with van der Waals surface area (Å²) in [5.41, 5.74) is 0. The van der Waals surface area contributed by atoms with E-state index in [0.717, 1.165) is 18.7 Å². The number of halogens is 1. The van der Waals surface area contributed by atoms with Crippen molar-refractivity contribution in [2.45, 2.75) is 56.0 Å². The zero-order chi connectivity index (χ0) is 12.7. The molecule has 17 heavy (non-hydrogen) atoms. The molecule has 0 aliphatic carbocycles. The second kappa shape index (κ2) is 8.41. The number of rotatable bonds is 6. The monoisotopic (exact) mass is 321 g/mol. The fraction of sp³-hybridized carbons (Fsp3) is 0.923. The molecule has 1 fully saturated rings. The van der Waals surface area contributed by atoms with E-state index in [2.05, 4.69) is 35.1 Å². The molecule has 2 nitrogen and oxygen atoms in total. The topological polar surface area (TPSA) is 29.1 Å². The SMILES string of the molecule is CCC(CC)C(Br)CNC(=O)C1CCCCS1. The van der Waals surface area contributed by atoms with Crippen molar-refractivity contribution in [1.82, 2.24) is 5.32 Å². The average molecular weight is 322 g/mol. The standard InChI is InChI=1S/C13H24BrNOS/c1-3-10(4-2)11(14)9-15-13(16)12-7-5-6-8-17-12/h10-12H,3-9H2,1-2H3,(H,15,16). The van der Waals surface area contributed by atoms with Gasteiger partial charge in [-0.2, -0.15) is 0 Å². The van der Waals surface area contributed by atoms with Gasteiger partial charge in [-0.05, 0) is 24.5 Å². The van der Waals surface area contributed by atoms with Gasteiger partial charge in [0, 0.05) is 11.4 Å². The summed E-state index contributed by atoms with van der Waals surface area (Å²) >= 11 is 5.51. The van der Waals surface area contributed by atoms with Crippen LogP contribution in [0.4, 0.5) is 0 Å². The molecule has 2 unspecified atom stereocenters. The lowest BCUT2D eigenvalue weighted by Crippen LogP contribution is -2.39. The second-order valence-electron chi connectivity index (χ2n) is 4.69. The number of carbonyl (C=O) groups excluding carboxylic acids is 1. The molecule has 0 radical (unpaired) electrons. The maximum absolute atomic E-state index is 11.9. The Morgan fingerprint density at radius 3 is 2.65 bits per heavy atom. The molecule has 4 heteroatoms. The number of carbonyl (C=O) groups is 1. The van der Waals surface area contributed by atoms with E-state index in [9.17, 15) is 4.79 Å². The summed E-state index contributed by atoms with van der Waals surface area (Å²) in [7, 11) is 0. The molecule has 0 spiro atoms. The molecule has 100 valence electrons. The Bertz CT molecular complexity index is 227. The quantitative estimate of drug-likeness (QED) is 0.757. The van der Waals surface area contributed by atoms with Crippen molar-refractivity contribution in [1.29, 1.82) is 0 Å². The van der Waals surface area contributed by atoms with E-state index in [0.29, 0.717) is 10.7 Å². The number of amides is 1. The third-order valence-electron chi connectivity index (χ3n) is 3.50. The second-order valence-corrected chi connectivity index (χ2v) is 7.18. The first-order valence-corrected chi connectivity index (χ1v) is 8.68. The van der Waals surface area contributed by atoms with Crippen LogP contribution in [0.1, 0.15) is 46.0 Å². The lowest BCUT2D eigenvalue weighted by Gasteiger charge is -2.23. The Balaban J connectivity index is 2.26. The fourth-order valence-corrected chi connectivity index (χ4v) is 4.36. The van der Waals surface area contributed by atoms with Gasteiger partial charge in [0.2, 0.25) is 5.91 Å². The van der Waals surface area contributed by atoms with E-state index in [1.54, 1.807) is 0 Å². The van der Waals surface area contributed by atoms with Gasteiger partial charge in [-0.15, -0.1) is 11.8 Å². The zero-order valence-electron chi connectivity index (χ0n) is 10.9. The Morgan fingerprint density at radius 1 is 1.41 bits per heavy atom. The Hall–Kier alpha value is 0.300. The smallest absolute Gasteiger partial charge is 0.233 e. The summed E-state index contributed by atoms with van der Waals surface area (Å²) in [6.07, 6.45) is 5.86. The maximum Gasteiger partial charge on any atom is 0.233 e. The first kappa shape index (κ1) is 15.4. The number of hydrogen-bond donors (Lipinski definition) is 1. The van der Waals surface area contributed by atoms with Crippen molar-refractivity contribution >= 4 is 33.6 Å². The summed E-state index contributed by atoms with van der Waals surface area (Å²) < 4.78 is 0. The molecule has 0 aromatic carbocycles. The minimum absolute atomic E-state index is 0.199. The van der Waals surface area contributed by atoms with E-state index in [-0.39, 0.29) is 11.2 Å². The molecule has 1 rings (SSSR count). The van der Waals surface area contributed by atoms with E-state index in [4.69, 9.17) is 0 Å². The highest BCUT2D eigenvalue weighted by molar-refractivity contribution is 9.09. The van der Waals surface area contributed by atoms with E-state index >= 15 is 0 Å². The predicted molar refractivity (Wildman–Crippen MR) is 79.9 cm³/mol. The van der Waals surface area contributed by atoms with Gasteiger partial charge >= 0.3 is 0 Å². The highest BCUT2D eigenvalue weighted by Gasteiger charge is 2.23. The van der Waals surface area contributed by atoms with Gasteiger partial charge in [0.05, 0.1) is 5.25 Å². The molecule has 1 heterocycles. The van der Waals surface area contributed by atoms with Crippen molar-refractivity contribution < 1.29 is 4.79 Å². The van der Waals surface area contributed by atoms with Crippen LogP contribution < -0.4 is 5.32 Å². The van der Waals surface area contributed by atoms with Crippen molar-refractivity contribution in [3.05, 3.63) is 0 Å². The highest BCUT2D eigenvalue weighted by Crippen LogP contribution is 2.25. The number of nitrogens with one attached hydrogen (secondary N) is 1. The van der Waals surface area contributed by atoms with Crippen molar-refractivity contribution in [3.8, 4) is 0 Å². The molecule has 0 aromatic rings. The van der Waals surface area contributed by atoms with Crippen LogP contribution in [0.25, 0.3) is 0 Å². The Kier molecular flexibility index (Phi) is 7.60. The van der Waals surface area contributed by atoms with Gasteiger partial charge in [0.15, 0.2) is 0 Å². The van der Waals surface area contributed by atoms with Crippen molar-refractivity contribution in [2.75, 3.05) is 12.3 Å². The molecule has 0 bridgehead atoms. The average Bonchev–Trinajstić information content (AvgIpc) is 2.38. The third-order valence-corrected chi connectivity index (χ3v) is 5.95. The minimum atomic E-state index is 0.199. The van der Waals surface area contributed by atoms with Gasteiger partial charge in [0.1, 0.15) is 0 Å². The largest absolute Gasteiger partial charge is 0.354 e. The molecule has 1 aliphatic heterocycles. The molecule has 0 saturated carbocycles. The highest BCUT2D eigenvalue weighted by atomic mass is 79.9. The van der Waals surface area contributed by atoms with Crippen LogP contribution in [0.2, 0.25) is 0 Å². The molecule has 0 aromatic heterocycles. The number of hydrogen-bond acceptors (Lipinski definition) is 2. The van der Waals surface area contributed by atoms with E-state index < -0.39 is 0 Å². The third kappa shape index (κ3) is 5.21. The van der Waals surface area contributed by atoms with E-state index in [1.165, 1.54) is 25.7 Å². The summed E-state index contributed by atoms with van der Waals surface area (Å²) in [6, 6.07) is 0. The van der Waals surface area contributed by atoms with Gasteiger partial charge in [-0.3, -0.25) is 4.79 Å². The van der Waals surface area contributed by atoms with Crippen LogP contribution in [-0.2, 0) is 4.79 Å². The van der Waals surface area contributed by atoms with Gasteiger partial charge in [-0.25, -0.2) is 0 Å². The molecule has 1 N–H and O–H groups in total. The molecule has 1 aliphatic rings. The van der Waals surface area contributed by atoms with Crippen LogP contribution in [-0.4, -0.2) is 28.3 Å². The molecular formula is C13H24BrNOS. The van der Waals surface area contributed by atoms with Crippen LogP contribution in [0, 0.1) is 5.92 Å². The predicted octanol–water partition coefficient (Wildman–Crippen LogP) is 3.59. The number of alkyl halides is 1. The lowest BCUT2D eigenvalue weighted by molar-refractivity contribution is -0.120. The first-order chi connectivity index (χ1) is 8.19. The van der Waals surface area contributed by atoms with Crippen molar-refractivity contribution in [3.63, 3.8) is 0 Å². The van der Waals surface area contributed by atoms with Crippen LogP contribution >= 0.6 is 27.7 Å². The molecule has 1 saturated heterocycles. The lowest BCUT2D eigenvalue weighted by atomic mass is 9.99. The summed E-state index contributed by atoms with van der Waals surface area (Å²) in [6.45, 7) is 5.19. The summed E-state index contributed by atoms with van der Waals surface area (Å²) in [5.74, 6) is 2.04. The zero-order valence-corrected chi connectivity index (χ0v) is 13.3. The van der Waals surface area contributed by atoms with Crippen LogP contribution in [0.3, 0.4) is 0 Å². The van der Waals surface area contributed by atoms with Crippen LogP contribution in [0.5, 0.6) is 0 Å². The maximum atomic E-state index is 11.9. The fourth-order valence-electron chi connectivity index (χ4n) is 2.23. The van der Waals surface area contributed by atoms with E-state index in [1.807, 2.05) is 11.8 Å². The van der Waals surface area contributed by atoms with Gasteiger partial charge in [-0.1, -0.05) is 49.0 Å². The molecule has 1 amide bonds. The van der Waals surface area contributed by atoms with Crippen molar-refractivity contribution in [2.24, 2.45) is 5.92 Å². The Morgan fingerprint density at radius 2 is 2.12 bits per heavy atom. The minimum Gasteiger partial charge on any atom is -0.354 e. The normalized spacial score (nSPS) is 22.5. The number of thioether (sulfide) groups is 1. The van der Waals surface area contributed by atoms with Crippen LogP contribution in [0.15, 0.2) is 0 Å². The van der Waals surface area contributed by atoms with Gasteiger partial charge < -0.3 is 5.32 Å². The van der Waals surface area contributed by atoms with Gasteiger partial charge in [0.25, 0.3) is 0 Å². The first-order valence-electron chi connectivity index (χ1n) is 6.72. The molecular weight excluding hydrogens is 298 g/mol. The summed E-state index contributed by atoms with van der Waals surface area (Å²) in [5, 5.41) is 3.29. The molecule has 2 atom stereocenters.